The van der Waals surface area contributed by atoms with Crippen LogP contribution in [0.2, 0.25) is 0 Å². The van der Waals surface area contributed by atoms with Crippen LogP contribution in [0.4, 0.5) is 5.69 Å². The number of amides is 1. The minimum atomic E-state index is 0.170. The second kappa shape index (κ2) is 7.78. The maximum atomic E-state index is 12.3. The third-order valence-corrected chi connectivity index (χ3v) is 4.21. The molecule has 1 aliphatic rings. The number of H-pyrrole nitrogens is 1. The van der Waals surface area contributed by atoms with Gasteiger partial charge in [-0.25, -0.2) is 0 Å². The van der Waals surface area contributed by atoms with E-state index in [2.05, 4.69) is 20.4 Å². The molecule has 6 heteroatoms. The summed E-state index contributed by atoms with van der Waals surface area (Å²) >= 11 is 0. The fraction of sp³-hybridized carbons (Fsp3) is 0.412. The fourth-order valence-corrected chi connectivity index (χ4v) is 2.77. The van der Waals surface area contributed by atoms with Crippen LogP contribution in [0.15, 0.2) is 42.7 Å². The first-order valence-corrected chi connectivity index (χ1v) is 8.08. The SMILES string of the molecule is O=C(CNc1ccccc1)N1CCN(CCc2cn[nH]c2)CC1. The van der Waals surface area contributed by atoms with Gasteiger partial charge in [0.05, 0.1) is 12.7 Å². The molecule has 1 saturated heterocycles. The second-order valence-electron chi connectivity index (χ2n) is 5.80. The van der Waals surface area contributed by atoms with Gasteiger partial charge in [-0.2, -0.15) is 5.10 Å². The summed E-state index contributed by atoms with van der Waals surface area (Å²) in [6, 6.07) is 9.84. The molecule has 2 N–H and O–H groups in total. The Hall–Kier alpha value is -2.34. The van der Waals surface area contributed by atoms with Gasteiger partial charge in [0.2, 0.25) is 5.91 Å². The Kier molecular flexibility index (Phi) is 5.26. The Morgan fingerprint density at radius 2 is 1.96 bits per heavy atom. The number of nitrogens with one attached hydrogen (secondary N) is 2. The highest BCUT2D eigenvalue weighted by molar-refractivity contribution is 5.81. The number of rotatable bonds is 6. The Balaban J connectivity index is 1.37. The van der Waals surface area contributed by atoms with Crippen LogP contribution in [-0.2, 0) is 11.2 Å². The standard InChI is InChI=1S/C17H23N5O/c23-17(14-18-16-4-2-1-3-5-16)22-10-8-21(9-11-22)7-6-15-12-19-20-13-15/h1-5,12-13,18H,6-11,14H2,(H,19,20). The molecule has 0 saturated carbocycles. The molecule has 2 aromatic rings. The highest BCUT2D eigenvalue weighted by Gasteiger charge is 2.20. The Morgan fingerprint density at radius 3 is 2.65 bits per heavy atom. The summed E-state index contributed by atoms with van der Waals surface area (Å²) in [4.78, 5) is 16.6. The summed E-state index contributed by atoms with van der Waals surface area (Å²) in [6.45, 7) is 4.87. The van der Waals surface area contributed by atoms with E-state index in [9.17, 15) is 4.79 Å². The van der Waals surface area contributed by atoms with E-state index in [0.29, 0.717) is 6.54 Å². The van der Waals surface area contributed by atoms with Crippen molar-refractivity contribution < 1.29 is 4.79 Å². The third-order valence-electron chi connectivity index (χ3n) is 4.21. The molecular weight excluding hydrogens is 290 g/mol. The highest BCUT2D eigenvalue weighted by Crippen LogP contribution is 2.07. The topological polar surface area (TPSA) is 64.3 Å². The van der Waals surface area contributed by atoms with Gasteiger partial charge >= 0.3 is 0 Å². The largest absolute Gasteiger partial charge is 0.376 e. The summed E-state index contributed by atoms with van der Waals surface area (Å²) < 4.78 is 0. The van der Waals surface area contributed by atoms with Gasteiger partial charge < -0.3 is 10.2 Å². The molecule has 1 aliphatic heterocycles. The molecule has 0 aliphatic carbocycles. The van der Waals surface area contributed by atoms with Crippen molar-refractivity contribution in [3.63, 3.8) is 0 Å². The smallest absolute Gasteiger partial charge is 0.241 e. The third kappa shape index (κ3) is 4.56. The quantitative estimate of drug-likeness (QED) is 0.841. The van der Waals surface area contributed by atoms with Crippen LogP contribution in [0.1, 0.15) is 5.56 Å². The molecule has 1 amide bonds. The maximum Gasteiger partial charge on any atom is 0.241 e. The van der Waals surface area contributed by atoms with Crippen LogP contribution in [-0.4, -0.2) is 65.2 Å². The van der Waals surface area contributed by atoms with Crippen LogP contribution in [0.25, 0.3) is 0 Å². The highest BCUT2D eigenvalue weighted by atomic mass is 16.2. The van der Waals surface area contributed by atoms with Gasteiger partial charge in [0, 0.05) is 44.6 Å². The number of piperazine rings is 1. The predicted octanol–water partition coefficient (Wildman–Crippen LogP) is 1.21. The summed E-state index contributed by atoms with van der Waals surface area (Å²) in [5, 5.41) is 9.98. The van der Waals surface area contributed by atoms with Crippen molar-refractivity contribution >= 4 is 11.6 Å². The molecule has 0 unspecified atom stereocenters. The minimum Gasteiger partial charge on any atom is -0.376 e. The summed E-state index contributed by atoms with van der Waals surface area (Å²) in [6.07, 6.45) is 4.81. The number of carbonyl (C=O) groups excluding carboxylic acids is 1. The Morgan fingerprint density at radius 1 is 1.17 bits per heavy atom. The molecule has 0 spiro atoms. The average molecular weight is 313 g/mol. The lowest BCUT2D eigenvalue weighted by Gasteiger charge is -2.34. The van der Waals surface area contributed by atoms with Gasteiger partial charge in [0.15, 0.2) is 0 Å². The van der Waals surface area contributed by atoms with Crippen LogP contribution >= 0.6 is 0 Å². The van der Waals surface area contributed by atoms with Crippen molar-refractivity contribution in [2.45, 2.75) is 6.42 Å². The van der Waals surface area contributed by atoms with Crippen molar-refractivity contribution in [2.24, 2.45) is 0 Å². The number of benzene rings is 1. The first kappa shape index (κ1) is 15.6. The molecule has 1 aromatic carbocycles. The van der Waals surface area contributed by atoms with E-state index in [0.717, 1.165) is 44.8 Å². The zero-order chi connectivity index (χ0) is 15.9. The molecule has 6 nitrogen and oxygen atoms in total. The van der Waals surface area contributed by atoms with E-state index in [1.807, 2.05) is 47.6 Å². The van der Waals surface area contributed by atoms with Crippen LogP contribution in [0, 0.1) is 0 Å². The zero-order valence-electron chi connectivity index (χ0n) is 13.2. The van der Waals surface area contributed by atoms with E-state index in [-0.39, 0.29) is 5.91 Å². The van der Waals surface area contributed by atoms with Crippen molar-refractivity contribution in [3.05, 3.63) is 48.3 Å². The predicted molar refractivity (Wildman–Crippen MR) is 90.2 cm³/mol. The van der Waals surface area contributed by atoms with Gasteiger partial charge in [-0.05, 0) is 24.1 Å². The van der Waals surface area contributed by atoms with E-state index in [4.69, 9.17) is 0 Å². The van der Waals surface area contributed by atoms with Crippen molar-refractivity contribution in [3.8, 4) is 0 Å². The lowest BCUT2D eigenvalue weighted by atomic mass is 10.2. The van der Waals surface area contributed by atoms with Gasteiger partial charge in [-0.3, -0.25) is 14.8 Å². The van der Waals surface area contributed by atoms with E-state index in [1.54, 1.807) is 0 Å². The van der Waals surface area contributed by atoms with Crippen molar-refractivity contribution in [2.75, 3.05) is 44.6 Å². The molecule has 0 atom stereocenters. The molecule has 3 rings (SSSR count). The average Bonchev–Trinajstić information content (AvgIpc) is 3.13. The minimum absolute atomic E-state index is 0.170. The molecule has 0 bridgehead atoms. The number of aromatic nitrogens is 2. The van der Waals surface area contributed by atoms with E-state index < -0.39 is 0 Å². The number of hydrogen-bond donors (Lipinski definition) is 2. The normalized spacial score (nSPS) is 15.6. The first-order valence-electron chi connectivity index (χ1n) is 8.08. The van der Waals surface area contributed by atoms with Crippen LogP contribution in [0.5, 0.6) is 0 Å². The van der Waals surface area contributed by atoms with Gasteiger partial charge in [0.1, 0.15) is 0 Å². The molecule has 23 heavy (non-hydrogen) atoms. The zero-order valence-corrected chi connectivity index (χ0v) is 13.2. The molecular formula is C17H23N5O. The molecule has 122 valence electrons. The Labute approximate surface area is 136 Å². The fourth-order valence-electron chi connectivity index (χ4n) is 2.77. The van der Waals surface area contributed by atoms with Crippen molar-refractivity contribution in [1.29, 1.82) is 0 Å². The number of hydrogen-bond acceptors (Lipinski definition) is 4. The molecule has 2 heterocycles. The first-order chi connectivity index (χ1) is 11.3. The summed E-state index contributed by atoms with van der Waals surface area (Å²) in [5.41, 5.74) is 2.22. The van der Waals surface area contributed by atoms with E-state index >= 15 is 0 Å². The monoisotopic (exact) mass is 313 g/mol. The summed E-state index contributed by atoms with van der Waals surface area (Å²) in [5.74, 6) is 0.170. The van der Waals surface area contributed by atoms with Crippen molar-refractivity contribution in [1.82, 2.24) is 20.0 Å². The maximum absolute atomic E-state index is 12.3. The Bertz CT molecular complexity index is 591. The number of para-hydroxylation sites is 1. The lowest BCUT2D eigenvalue weighted by Crippen LogP contribution is -2.50. The van der Waals surface area contributed by atoms with Gasteiger partial charge in [0.25, 0.3) is 0 Å². The molecule has 0 radical (unpaired) electrons. The second-order valence-corrected chi connectivity index (χ2v) is 5.80. The summed E-state index contributed by atoms with van der Waals surface area (Å²) in [7, 11) is 0. The number of nitrogens with zero attached hydrogens (tertiary/aromatic N) is 3. The van der Waals surface area contributed by atoms with Gasteiger partial charge in [-0.15, -0.1) is 0 Å². The molecule has 1 fully saturated rings. The number of carbonyl (C=O) groups is 1. The molecule has 1 aromatic heterocycles. The van der Waals surface area contributed by atoms with E-state index in [1.165, 1.54) is 5.56 Å². The van der Waals surface area contributed by atoms with Gasteiger partial charge in [-0.1, -0.05) is 18.2 Å². The van der Waals surface area contributed by atoms with Crippen LogP contribution < -0.4 is 5.32 Å². The number of aromatic amines is 1. The number of anilines is 1. The lowest BCUT2D eigenvalue weighted by molar-refractivity contribution is -0.131. The van der Waals surface area contributed by atoms with Crippen LogP contribution in [0.3, 0.4) is 0 Å².